The first-order valence-electron chi connectivity index (χ1n) is 4.61. The average Bonchev–Trinajstić information content (AvgIpc) is 2.74. The molecule has 1 unspecified atom stereocenters. The number of nitrogens with zero attached hydrogens (tertiary/aromatic N) is 2. The van der Waals surface area contributed by atoms with Crippen LogP contribution in [-0.4, -0.2) is 22.6 Å². The quantitative estimate of drug-likeness (QED) is 0.681. The number of hydrogen-bond donors (Lipinski definition) is 2. The maximum Gasteiger partial charge on any atom is 0.249 e. The standard InChI is InChI=1S/C8H12N4O2/c9-4-3-6-11-8(14-12-6)5-1-2-7(13)10-5/h5H,1-4,9H2,(H,10,13). The molecule has 6 heteroatoms. The van der Waals surface area contributed by atoms with Gasteiger partial charge < -0.3 is 15.6 Å². The molecule has 1 saturated heterocycles. The lowest BCUT2D eigenvalue weighted by atomic mass is 10.2. The molecule has 1 aliphatic heterocycles. The molecule has 76 valence electrons. The second-order valence-corrected chi connectivity index (χ2v) is 3.25. The van der Waals surface area contributed by atoms with Gasteiger partial charge in [-0.25, -0.2) is 0 Å². The van der Waals surface area contributed by atoms with Crippen molar-refractivity contribution in [2.75, 3.05) is 6.54 Å². The molecule has 0 aromatic carbocycles. The number of hydrogen-bond acceptors (Lipinski definition) is 5. The molecular formula is C8H12N4O2. The van der Waals surface area contributed by atoms with E-state index in [1.165, 1.54) is 0 Å². The van der Waals surface area contributed by atoms with Gasteiger partial charge in [-0.1, -0.05) is 5.16 Å². The Bertz CT molecular complexity index is 336. The molecule has 1 amide bonds. The Morgan fingerprint density at radius 1 is 1.64 bits per heavy atom. The van der Waals surface area contributed by atoms with E-state index in [1.807, 2.05) is 0 Å². The Kier molecular flexibility index (Phi) is 2.45. The number of aromatic nitrogens is 2. The predicted molar refractivity (Wildman–Crippen MR) is 47.2 cm³/mol. The van der Waals surface area contributed by atoms with Crippen LogP contribution in [-0.2, 0) is 11.2 Å². The molecule has 1 aromatic heterocycles. The van der Waals surface area contributed by atoms with Crippen LogP contribution in [0.15, 0.2) is 4.52 Å². The molecule has 1 atom stereocenters. The third-order valence-corrected chi connectivity index (χ3v) is 2.15. The Hall–Kier alpha value is -1.43. The zero-order valence-electron chi connectivity index (χ0n) is 7.69. The molecule has 14 heavy (non-hydrogen) atoms. The van der Waals surface area contributed by atoms with Gasteiger partial charge in [0.15, 0.2) is 5.82 Å². The topological polar surface area (TPSA) is 94.0 Å². The second kappa shape index (κ2) is 3.75. The van der Waals surface area contributed by atoms with Crippen molar-refractivity contribution in [2.24, 2.45) is 5.73 Å². The molecule has 2 rings (SSSR count). The van der Waals surface area contributed by atoms with Gasteiger partial charge in [-0.05, 0) is 13.0 Å². The van der Waals surface area contributed by atoms with Gasteiger partial charge in [0.05, 0.1) is 0 Å². The third kappa shape index (κ3) is 1.74. The van der Waals surface area contributed by atoms with Gasteiger partial charge in [-0.15, -0.1) is 0 Å². The highest BCUT2D eigenvalue weighted by molar-refractivity contribution is 5.78. The fraction of sp³-hybridized carbons (Fsp3) is 0.625. The minimum atomic E-state index is -0.110. The zero-order chi connectivity index (χ0) is 9.97. The first-order valence-corrected chi connectivity index (χ1v) is 4.61. The van der Waals surface area contributed by atoms with Crippen molar-refractivity contribution in [2.45, 2.75) is 25.3 Å². The van der Waals surface area contributed by atoms with E-state index in [4.69, 9.17) is 10.3 Å². The summed E-state index contributed by atoms with van der Waals surface area (Å²) in [5, 5.41) is 6.52. The van der Waals surface area contributed by atoms with Gasteiger partial charge >= 0.3 is 0 Å². The van der Waals surface area contributed by atoms with Gasteiger partial charge in [-0.3, -0.25) is 4.79 Å². The van der Waals surface area contributed by atoms with Crippen LogP contribution >= 0.6 is 0 Å². The largest absolute Gasteiger partial charge is 0.344 e. The summed E-state index contributed by atoms with van der Waals surface area (Å²) in [5.41, 5.74) is 5.35. The van der Waals surface area contributed by atoms with Crippen LogP contribution in [0.4, 0.5) is 0 Å². The number of nitrogens with one attached hydrogen (secondary N) is 1. The summed E-state index contributed by atoms with van der Waals surface area (Å²) in [5.74, 6) is 1.12. The molecule has 0 spiro atoms. The Morgan fingerprint density at radius 2 is 2.50 bits per heavy atom. The first-order chi connectivity index (χ1) is 6.79. The summed E-state index contributed by atoms with van der Waals surface area (Å²) in [6, 6.07) is -0.110. The summed E-state index contributed by atoms with van der Waals surface area (Å²) in [7, 11) is 0. The van der Waals surface area contributed by atoms with E-state index in [2.05, 4.69) is 15.5 Å². The second-order valence-electron chi connectivity index (χ2n) is 3.25. The summed E-state index contributed by atoms with van der Waals surface area (Å²) >= 11 is 0. The molecule has 1 aliphatic rings. The molecule has 6 nitrogen and oxygen atoms in total. The molecule has 0 bridgehead atoms. The molecule has 1 aromatic rings. The van der Waals surface area contributed by atoms with Crippen LogP contribution in [0.25, 0.3) is 0 Å². The fourth-order valence-corrected chi connectivity index (χ4v) is 1.44. The van der Waals surface area contributed by atoms with Crippen molar-refractivity contribution in [1.82, 2.24) is 15.5 Å². The van der Waals surface area contributed by atoms with Crippen molar-refractivity contribution < 1.29 is 9.32 Å². The molecule has 3 N–H and O–H groups in total. The van der Waals surface area contributed by atoms with Gasteiger partial charge in [-0.2, -0.15) is 4.98 Å². The fourth-order valence-electron chi connectivity index (χ4n) is 1.44. The molecule has 2 heterocycles. The Morgan fingerprint density at radius 3 is 3.14 bits per heavy atom. The number of carbonyl (C=O) groups is 1. The minimum absolute atomic E-state index is 0.0357. The highest BCUT2D eigenvalue weighted by atomic mass is 16.5. The van der Waals surface area contributed by atoms with Crippen molar-refractivity contribution in [3.8, 4) is 0 Å². The summed E-state index contributed by atoms with van der Waals surface area (Å²) < 4.78 is 5.02. The number of nitrogens with two attached hydrogens (primary N) is 1. The number of amides is 1. The molecule has 1 fully saturated rings. The van der Waals surface area contributed by atoms with E-state index in [9.17, 15) is 4.79 Å². The van der Waals surface area contributed by atoms with Crippen LogP contribution in [0.3, 0.4) is 0 Å². The van der Waals surface area contributed by atoms with Crippen LogP contribution in [0.5, 0.6) is 0 Å². The smallest absolute Gasteiger partial charge is 0.249 e. The van der Waals surface area contributed by atoms with E-state index in [-0.39, 0.29) is 11.9 Å². The summed E-state index contributed by atoms with van der Waals surface area (Å²) in [6.07, 6.45) is 1.85. The average molecular weight is 196 g/mol. The lowest BCUT2D eigenvalue weighted by Crippen LogP contribution is -2.18. The van der Waals surface area contributed by atoms with Crippen LogP contribution < -0.4 is 11.1 Å². The monoisotopic (exact) mass is 196 g/mol. The van der Waals surface area contributed by atoms with E-state index < -0.39 is 0 Å². The number of rotatable bonds is 3. The Labute approximate surface area is 80.9 Å². The van der Waals surface area contributed by atoms with E-state index in [0.717, 1.165) is 6.42 Å². The van der Waals surface area contributed by atoms with Gasteiger partial charge in [0.1, 0.15) is 6.04 Å². The van der Waals surface area contributed by atoms with E-state index >= 15 is 0 Å². The first kappa shape index (κ1) is 9.14. The molecule has 0 saturated carbocycles. The maximum atomic E-state index is 10.9. The summed E-state index contributed by atoms with van der Waals surface area (Å²) in [4.78, 5) is 15.1. The van der Waals surface area contributed by atoms with Crippen LogP contribution in [0.2, 0.25) is 0 Å². The normalized spacial score (nSPS) is 21.2. The van der Waals surface area contributed by atoms with Crippen LogP contribution in [0, 0.1) is 0 Å². The Balaban J connectivity index is 2.05. The van der Waals surface area contributed by atoms with E-state index in [0.29, 0.717) is 31.1 Å². The highest BCUT2D eigenvalue weighted by Crippen LogP contribution is 2.21. The lowest BCUT2D eigenvalue weighted by Gasteiger charge is -2.01. The molecule has 0 aliphatic carbocycles. The summed E-state index contributed by atoms with van der Waals surface area (Å²) in [6.45, 7) is 0.496. The zero-order valence-corrected chi connectivity index (χ0v) is 7.69. The maximum absolute atomic E-state index is 10.9. The van der Waals surface area contributed by atoms with Crippen molar-refractivity contribution in [1.29, 1.82) is 0 Å². The van der Waals surface area contributed by atoms with Gasteiger partial charge in [0.25, 0.3) is 0 Å². The number of carbonyl (C=O) groups excluding carboxylic acids is 1. The van der Waals surface area contributed by atoms with Crippen molar-refractivity contribution >= 4 is 5.91 Å². The van der Waals surface area contributed by atoms with Crippen molar-refractivity contribution in [3.63, 3.8) is 0 Å². The highest BCUT2D eigenvalue weighted by Gasteiger charge is 2.26. The minimum Gasteiger partial charge on any atom is -0.344 e. The van der Waals surface area contributed by atoms with Crippen molar-refractivity contribution in [3.05, 3.63) is 11.7 Å². The predicted octanol–water partition coefficient (Wildman–Crippen LogP) is -0.478. The van der Waals surface area contributed by atoms with Gasteiger partial charge in [0, 0.05) is 12.8 Å². The SMILES string of the molecule is NCCc1noc(C2CCC(=O)N2)n1. The lowest BCUT2D eigenvalue weighted by molar-refractivity contribution is -0.119. The van der Waals surface area contributed by atoms with Crippen LogP contribution in [0.1, 0.15) is 30.6 Å². The molecular weight excluding hydrogens is 184 g/mol. The van der Waals surface area contributed by atoms with E-state index in [1.54, 1.807) is 0 Å². The third-order valence-electron chi connectivity index (χ3n) is 2.15. The van der Waals surface area contributed by atoms with Gasteiger partial charge in [0.2, 0.25) is 11.8 Å². The molecule has 0 radical (unpaired) electrons.